The Kier molecular flexibility index (Phi) is 3.29. The first-order valence-electron chi connectivity index (χ1n) is 5.89. The highest BCUT2D eigenvalue weighted by molar-refractivity contribution is 5.39. The average Bonchev–Trinajstić information content (AvgIpc) is 2.40. The van der Waals surface area contributed by atoms with E-state index in [9.17, 15) is 4.79 Å². The number of aryl methyl sites for hydroxylation is 2. The quantitative estimate of drug-likeness (QED) is 0.807. The maximum absolute atomic E-state index is 12.1. The van der Waals surface area contributed by atoms with Crippen LogP contribution in [0.4, 0.5) is 0 Å². The number of benzene rings is 1. The van der Waals surface area contributed by atoms with Crippen molar-refractivity contribution in [2.45, 2.75) is 20.3 Å². The van der Waals surface area contributed by atoms with E-state index in [0.29, 0.717) is 0 Å². The first-order chi connectivity index (χ1) is 8.67. The maximum atomic E-state index is 12.1. The molecule has 0 spiro atoms. The van der Waals surface area contributed by atoms with Gasteiger partial charge in [-0.3, -0.25) is 9.36 Å². The van der Waals surface area contributed by atoms with E-state index >= 15 is 0 Å². The summed E-state index contributed by atoms with van der Waals surface area (Å²) in [6.07, 6.45) is 0.965. The van der Waals surface area contributed by atoms with Crippen molar-refractivity contribution in [2.75, 3.05) is 0 Å². The van der Waals surface area contributed by atoms with Crippen molar-refractivity contribution in [1.82, 2.24) is 4.57 Å². The molecule has 0 saturated carbocycles. The number of pyridine rings is 1. The smallest absolute Gasteiger partial charge is 0.273 e. The molecule has 0 aliphatic heterocycles. The van der Waals surface area contributed by atoms with Crippen LogP contribution in [0.3, 0.4) is 0 Å². The molecular formula is C15H14N2O. The highest BCUT2D eigenvalue weighted by Gasteiger charge is 2.07. The molecule has 0 bridgehead atoms. The van der Waals surface area contributed by atoms with Gasteiger partial charge in [0.25, 0.3) is 5.56 Å². The molecule has 0 saturated heterocycles. The van der Waals surface area contributed by atoms with E-state index in [1.54, 1.807) is 16.7 Å². The predicted octanol–water partition coefficient (Wildman–Crippen LogP) is 2.58. The Hall–Kier alpha value is -2.34. The van der Waals surface area contributed by atoms with Gasteiger partial charge in [-0.15, -0.1) is 0 Å². The minimum atomic E-state index is -0.262. The highest BCUT2D eigenvalue weighted by atomic mass is 16.1. The molecule has 3 nitrogen and oxygen atoms in total. The zero-order valence-electron chi connectivity index (χ0n) is 10.5. The van der Waals surface area contributed by atoms with Crippen LogP contribution < -0.4 is 5.56 Å². The summed E-state index contributed by atoms with van der Waals surface area (Å²) in [5.41, 5.74) is 2.75. The van der Waals surface area contributed by atoms with Gasteiger partial charge >= 0.3 is 0 Å². The van der Waals surface area contributed by atoms with E-state index in [4.69, 9.17) is 5.26 Å². The van der Waals surface area contributed by atoms with E-state index in [-0.39, 0.29) is 11.1 Å². The van der Waals surface area contributed by atoms with Crippen molar-refractivity contribution in [3.8, 4) is 11.8 Å². The molecule has 1 aromatic carbocycles. The molecule has 0 N–H and O–H groups in total. The first kappa shape index (κ1) is 12.1. The molecule has 0 aliphatic carbocycles. The van der Waals surface area contributed by atoms with Crippen LogP contribution in [-0.4, -0.2) is 4.57 Å². The minimum absolute atomic E-state index is 0.167. The van der Waals surface area contributed by atoms with Crippen molar-refractivity contribution >= 4 is 0 Å². The summed E-state index contributed by atoms with van der Waals surface area (Å²) in [5.74, 6) is 0. The third kappa shape index (κ3) is 2.05. The largest absolute Gasteiger partial charge is 0.280 e. The van der Waals surface area contributed by atoms with Crippen LogP contribution in [0.1, 0.15) is 23.7 Å². The molecule has 90 valence electrons. The molecule has 0 unspecified atom stereocenters. The average molecular weight is 238 g/mol. The highest BCUT2D eigenvalue weighted by Crippen LogP contribution is 2.11. The van der Waals surface area contributed by atoms with Crippen LogP contribution >= 0.6 is 0 Å². The van der Waals surface area contributed by atoms with E-state index in [2.05, 4.69) is 6.92 Å². The number of aromatic nitrogens is 1. The van der Waals surface area contributed by atoms with Crippen LogP contribution in [0.2, 0.25) is 0 Å². The summed E-state index contributed by atoms with van der Waals surface area (Å²) in [7, 11) is 0. The van der Waals surface area contributed by atoms with Gasteiger partial charge < -0.3 is 0 Å². The summed E-state index contributed by atoms with van der Waals surface area (Å²) in [6.45, 7) is 3.94. The van der Waals surface area contributed by atoms with Gasteiger partial charge in [-0.2, -0.15) is 5.26 Å². The number of rotatable bonds is 2. The predicted molar refractivity (Wildman–Crippen MR) is 70.9 cm³/mol. The number of nitriles is 1. The standard InChI is InChI=1S/C15H14N2O/c1-3-12-5-8-14(9-6-12)17-11(2)4-7-13(10-16)15(17)18/h4-9H,3H2,1-2H3. The van der Waals surface area contributed by atoms with Gasteiger partial charge in [0.2, 0.25) is 0 Å². The van der Waals surface area contributed by atoms with Gasteiger partial charge in [-0.05, 0) is 43.2 Å². The number of hydrogen-bond donors (Lipinski definition) is 0. The zero-order chi connectivity index (χ0) is 13.1. The summed E-state index contributed by atoms with van der Waals surface area (Å²) in [4.78, 5) is 12.1. The Balaban J connectivity index is 2.63. The fraction of sp³-hybridized carbons (Fsp3) is 0.200. The molecule has 0 amide bonds. The van der Waals surface area contributed by atoms with Crippen molar-refractivity contribution in [3.63, 3.8) is 0 Å². The van der Waals surface area contributed by atoms with Gasteiger partial charge in [0.15, 0.2) is 0 Å². The number of nitrogens with zero attached hydrogens (tertiary/aromatic N) is 2. The summed E-state index contributed by atoms with van der Waals surface area (Å²) < 4.78 is 1.57. The van der Waals surface area contributed by atoms with Crippen molar-refractivity contribution < 1.29 is 0 Å². The summed E-state index contributed by atoms with van der Waals surface area (Å²) in [6, 6.07) is 13.1. The molecule has 0 fully saturated rings. The van der Waals surface area contributed by atoms with Gasteiger partial charge in [0.1, 0.15) is 11.6 Å². The maximum Gasteiger partial charge on any atom is 0.273 e. The van der Waals surface area contributed by atoms with Gasteiger partial charge in [-0.25, -0.2) is 0 Å². The molecule has 0 atom stereocenters. The van der Waals surface area contributed by atoms with Crippen molar-refractivity contribution in [1.29, 1.82) is 5.26 Å². The minimum Gasteiger partial charge on any atom is -0.280 e. The molecule has 0 radical (unpaired) electrons. The molecule has 18 heavy (non-hydrogen) atoms. The molecular weight excluding hydrogens is 224 g/mol. The topological polar surface area (TPSA) is 45.8 Å². The molecule has 2 rings (SSSR count). The van der Waals surface area contributed by atoms with Crippen molar-refractivity contribution in [3.05, 3.63) is 63.6 Å². The van der Waals surface area contributed by atoms with Crippen LogP contribution in [-0.2, 0) is 6.42 Å². The second-order valence-electron chi connectivity index (χ2n) is 4.16. The number of hydrogen-bond acceptors (Lipinski definition) is 2. The lowest BCUT2D eigenvalue weighted by Gasteiger charge is -2.10. The van der Waals surface area contributed by atoms with Crippen molar-refractivity contribution in [2.24, 2.45) is 0 Å². The van der Waals surface area contributed by atoms with E-state index in [0.717, 1.165) is 17.8 Å². The lowest BCUT2D eigenvalue weighted by molar-refractivity contribution is 0.926. The Morgan fingerprint density at radius 2 is 1.83 bits per heavy atom. The Bertz CT molecular complexity index is 660. The lowest BCUT2D eigenvalue weighted by atomic mass is 10.1. The van der Waals surface area contributed by atoms with Gasteiger partial charge in [0.05, 0.1) is 0 Å². The third-order valence-corrected chi connectivity index (χ3v) is 3.00. The van der Waals surface area contributed by atoms with E-state index < -0.39 is 0 Å². The van der Waals surface area contributed by atoms with Crippen LogP contribution in [0.25, 0.3) is 5.69 Å². The van der Waals surface area contributed by atoms with E-state index in [1.165, 1.54) is 5.56 Å². The second kappa shape index (κ2) is 4.89. The van der Waals surface area contributed by atoms with Crippen LogP contribution in [0.5, 0.6) is 0 Å². The van der Waals surface area contributed by atoms with Gasteiger partial charge in [0, 0.05) is 11.4 Å². The molecule has 3 heteroatoms. The Morgan fingerprint density at radius 3 is 2.39 bits per heavy atom. The molecule has 0 aliphatic rings. The zero-order valence-corrected chi connectivity index (χ0v) is 10.5. The van der Waals surface area contributed by atoms with E-state index in [1.807, 2.05) is 37.3 Å². The second-order valence-corrected chi connectivity index (χ2v) is 4.16. The fourth-order valence-corrected chi connectivity index (χ4v) is 1.92. The molecule has 1 aromatic heterocycles. The fourth-order valence-electron chi connectivity index (χ4n) is 1.92. The molecule has 1 heterocycles. The lowest BCUT2D eigenvalue weighted by Crippen LogP contribution is -2.22. The van der Waals surface area contributed by atoms with Crippen LogP contribution in [0, 0.1) is 18.3 Å². The first-order valence-corrected chi connectivity index (χ1v) is 5.89. The monoisotopic (exact) mass is 238 g/mol. The van der Waals surface area contributed by atoms with Crippen LogP contribution in [0.15, 0.2) is 41.2 Å². The molecule has 2 aromatic rings. The van der Waals surface area contributed by atoms with Gasteiger partial charge in [-0.1, -0.05) is 19.1 Å². The summed E-state index contributed by atoms with van der Waals surface area (Å²) in [5, 5.41) is 8.90. The Morgan fingerprint density at radius 1 is 1.17 bits per heavy atom. The third-order valence-electron chi connectivity index (χ3n) is 3.00. The summed E-state index contributed by atoms with van der Waals surface area (Å²) >= 11 is 0. The Labute approximate surface area is 106 Å². The normalized spacial score (nSPS) is 10.1. The SMILES string of the molecule is CCc1ccc(-n2c(C)ccc(C#N)c2=O)cc1.